The molecule has 0 amide bonds. The first kappa shape index (κ1) is 22.4. The van der Waals surface area contributed by atoms with Gasteiger partial charge in [-0.2, -0.15) is 0 Å². The largest absolute Gasteiger partial charge is 0.493 e. The highest BCUT2D eigenvalue weighted by Gasteiger charge is 2.39. The van der Waals surface area contributed by atoms with Crippen LogP contribution < -0.4 is 14.8 Å². The summed E-state index contributed by atoms with van der Waals surface area (Å²) in [5.41, 5.74) is 0.829. The molecule has 1 saturated heterocycles. The van der Waals surface area contributed by atoms with E-state index in [0.29, 0.717) is 40.7 Å². The Labute approximate surface area is 202 Å². The van der Waals surface area contributed by atoms with Crippen LogP contribution in [-0.2, 0) is 0 Å². The predicted octanol–water partition coefficient (Wildman–Crippen LogP) is 5.79. The number of anilines is 2. The zero-order chi connectivity index (χ0) is 23.1. The lowest BCUT2D eigenvalue weighted by molar-refractivity contribution is 0.227. The van der Waals surface area contributed by atoms with Crippen LogP contribution in [0.15, 0.2) is 30.6 Å². The van der Waals surface area contributed by atoms with Crippen molar-refractivity contribution in [2.24, 2.45) is 17.8 Å². The number of likely N-dealkylation sites (tertiary alicyclic amines) is 1. The normalized spacial score (nSPS) is 22.5. The lowest BCUT2D eigenvalue weighted by Crippen LogP contribution is -2.18. The highest BCUT2D eigenvalue weighted by atomic mass is 35.5. The maximum absolute atomic E-state index is 14.5. The van der Waals surface area contributed by atoms with E-state index in [1.807, 2.05) is 6.07 Å². The van der Waals surface area contributed by atoms with Gasteiger partial charge in [-0.25, -0.2) is 14.4 Å². The van der Waals surface area contributed by atoms with Gasteiger partial charge in [0.05, 0.1) is 35.0 Å². The number of hydrogen-bond donors (Lipinski definition) is 1. The van der Waals surface area contributed by atoms with E-state index in [2.05, 4.69) is 27.2 Å². The van der Waals surface area contributed by atoms with Crippen molar-refractivity contribution in [1.82, 2.24) is 14.9 Å². The van der Waals surface area contributed by atoms with E-state index >= 15 is 0 Å². The summed E-state index contributed by atoms with van der Waals surface area (Å²) in [6.45, 7) is 3.03. The molecule has 2 heterocycles. The van der Waals surface area contributed by atoms with Crippen LogP contribution in [0.3, 0.4) is 0 Å². The molecule has 2 fully saturated rings. The maximum Gasteiger partial charge on any atom is 0.166 e. The Morgan fingerprint density at radius 2 is 1.88 bits per heavy atom. The lowest BCUT2D eigenvalue weighted by Gasteiger charge is -2.17. The summed E-state index contributed by atoms with van der Waals surface area (Å²) in [4.78, 5) is 11.1. The molecule has 2 aromatic carbocycles. The Hall–Kier alpha value is -2.35. The summed E-state index contributed by atoms with van der Waals surface area (Å²) in [5.74, 6) is 3.12. The number of nitrogens with zero attached hydrogens (tertiary/aromatic N) is 3. The van der Waals surface area contributed by atoms with E-state index in [9.17, 15) is 4.39 Å². The number of ether oxygens (including phenoxy) is 2. The molecule has 2 aliphatic rings. The molecule has 1 aliphatic carbocycles. The van der Waals surface area contributed by atoms with E-state index in [1.165, 1.54) is 44.4 Å². The Morgan fingerprint density at radius 1 is 1.12 bits per heavy atom. The second-order valence-electron chi connectivity index (χ2n) is 8.98. The van der Waals surface area contributed by atoms with Gasteiger partial charge < -0.3 is 19.7 Å². The van der Waals surface area contributed by atoms with Gasteiger partial charge in [0.25, 0.3) is 0 Å². The number of rotatable bonds is 6. The van der Waals surface area contributed by atoms with Gasteiger partial charge in [0.1, 0.15) is 12.1 Å². The van der Waals surface area contributed by atoms with Gasteiger partial charge in [-0.3, -0.25) is 0 Å². The van der Waals surface area contributed by atoms with Crippen LogP contribution in [0, 0.1) is 23.6 Å². The monoisotopic (exact) mass is 490 g/mol. The molecule has 1 saturated carbocycles. The van der Waals surface area contributed by atoms with Crippen LogP contribution in [0.2, 0.25) is 10.0 Å². The summed E-state index contributed by atoms with van der Waals surface area (Å²) in [5, 5.41) is 3.66. The molecule has 1 N–H and O–H groups in total. The summed E-state index contributed by atoms with van der Waals surface area (Å²) >= 11 is 11.8. The van der Waals surface area contributed by atoms with Crippen LogP contribution in [0.25, 0.3) is 10.9 Å². The van der Waals surface area contributed by atoms with E-state index < -0.39 is 5.82 Å². The van der Waals surface area contributed by atoms with Crippen molar-refractivity contribution >= 4 is 45.6 Å². The van der Waals surface area contributed by atoms with Gasteiger partial charge in [-0.15, -0.1) is 0 Å². The molecule has 6 nitrogen and oxygen atoms in total. The van der Waals surface area contributed by atoms with Gasteiger partial charge in [0.2, 0.25) is 0 Å². The molecule has 9 heteroatoms. The lowest BCUT2D eigenvalue weighted by atomic mass is 10.0. The molecule has 3 aromatic rings. The van der Waals surface area contributed by atoms with E-state index in [0.717, 1.165) is 11.8 Å². The average Bonchev–Trinajstić information content (AvgIpc) is 3.34. The van der Waals surface area contributed by atoms with Crippen LogP contribution in [0.1, 0.15) is 12.8 Å². The minimum atomic E-state index is -0.643. The Kier molecular flexibility index (Phi) is 6.20. The zero-order valence-electron chi connectivity index (χ0n) is 18.4. The minimum absolute atomic E-state index is 0.143. The highest BCUT2D eigenvalue weighted by molar-refractivity contribution is 6.42. The van der Waals surface area contributed by atoms with Crippen LogP contribution in [-0.4, -0.2) is 48.7 Å². The average molecular weight is 491 g/mol. The zero-order valence-corrected chi connectivity index (χ0v) is 20.0. The van der Waals surface area contributed by atoms with Crippen molar-refractivity contribution < 1.29 is 13.9 Å². The van der Waals surface area contributed by atoms with E-state index in [-0.39, 0.29) is 15.7 Å². The second-order valence-corrected chi connectivity index (χ2v) is 9.77. The molecular weight excluding hydrogens is 466 g/mol. The first-order valence-electron chi connectivity index (χ1n) is 11.0. The number of hydrogen-bond acceptors (Lipinski definition) is 6. The number of aromatic nitrogens is 2. The van der Waals surface area contributed by atoms with Crippen LogP contribution in [0.5, 0.6) is 11.5 Å². The van der Waals surface area contributed by atoms with Gasteiger partial charge in [-0.1, -0.05) is 23.2 Å². The number of nitrogens with one attached hydrogen (secondary N) is 1. The standard InChI is InChI=1S/C24H25Cl2FN4O2/c1-31-9-14-5-13(6-15(14)10-31)11-33-21-8-19-16(7-20(21)32-2)24(29-12-28-19)30-18-4-3-17(25)22(26)23(18)27/h3-4,7-8,12-15H,5-6,9-11H2,1-2H3,(H,28,29,30)/t13?,14-,15?/m0/s1. The van der Waals surface area contributed by atoms with Crippen molar-refractivity contribution in [3.63, 3.8) is 0 Å². The van der Waals surface area contributed by atoms with Crippen LogP contribution in [0.4, 0.5) is 15.9 Å². The summed E-state index contributed by atoms with van der Waals surface area (Å²) in [6, 6.07) is 6.69. The Morgan fingerprint density at radius 3 is 2.61 bits per heavy atom. The quantitative estimate of drug-likeness (QED) is 0.441. The molecule has 0 spiro atoms. The summed E-state index contributed by atoms with van der Waals surface area (Å²) in [6.07, 6.45) is 3.83. The highest BCUT2D eigenvalue weighted by Crippen LogP contribution is 2.42. The van der Waals surface area contributed by atoms with Gasteiger partial charge in [0.15, 0.2) is 17.3 Å². The van der Waals surface area contributed by atoms with Crippen molar-refractivity contribution in [3.05, 3.63) is 46.5 Å². The fraction of sp³-hybridized carbons (Fsp3) is 0.417. The second kappa shape index (κ2) is 9.12. The summed E-state index contributed by atoms with van der Waals surface area (Å²) < 4.78 is 26.3. The number of fused-ring (bicyclic) bond motifs is 2. The summed E-state index contributed by atoms with van der Waals surface area (Å²) in [7, 11) is 3.80. The van der Waals surface area contributed by atoms with E-state index in [1.54, 1.807) is 13.2 Å². The number of halogens is 3. The minimum Gasteiger partial charge on any atom is -0.493 e. The van der Waals surface area contributed by atoms with Gasteiger partial charge in [-0.05, 0) is 55.8 Å². The van der Waals surface area contributed by atoms with E-state index in [4.69, 9.17) is 32.7 Å². The Balaban J connectivity index is 1.37. The van der Waals surface area contributed by atoms with Crippen molar-refractivity contribution in [1.29, 1.82) is 0 Å². The smallest absolute Gasteiger partial charge is 0.166 e. The topological polar surface area (TPSA) is 59.5 Å². The van der Waals surface area contributed by atoms with Crippen LogP contribution >= 0.6 is 23.2 Å². The first-order chi connectivity index (χ1) is 15.9. The Bertz CT molecular complexity index is 1180. The molecule has 2 unspecified atom stereocenters. The molecule has 5 rings (SSSR count). The fourth-order valence-corrected chi connectivity index (χ4v) is 5.50. The molecule has 3 atom stereocenters. The maximum atomic E-state index is 14.5. The molecule has 174 valence electrons. The third-order valence-corrected chi connectivity index (χ3v) is 7.50. The molecule has 1 aromatic heterocycles. The van der Waals surface area contributed by atoms with Gasteiger partial charge in [0, 0.05) is 24.5 Å². The van der Waals surface area contributed by atoms with Crippen molar-refractivity contribution in [2.75, 3.05) is 39.2 Å². The number of benzene rings is 2. The third kappa shape index (κ3) is 4.42. The molecule has 1 aliphatic heterocycles. The molecular formula is C24H25Cl2FN4O2. The number of methoxy groups -OCH3 is 1. The molecule has 33 heavy (non-hydrogen) atoms. The SMILES string of the molecule is COc1cc2c(Nc3ccc(Cl)c(Cl)c3F)ncnc2cc1OCC1CC2CN(C)C[C@@H]2C1. The van der Waals surface area contributed by atoms with Crippen molar-refractivity contribution in [2.45, 2.75) is 12.8 Å². The van der Waals surface area contributed by atoms with Crippen molar-refractivity contribution in [3.8, 4) is 11.5 Å². The molecule has 0 radical (unpaired) electrons. The predicted molar refractivity (Wildman–Crippen MR) is 128 cm³/mol. The first-order valence-corrected chi connectivity index (χ1v) is 11.7. The van der Waals surface area contributed by atoms with Gasteiger partial charge >= 0.3 is 0 Å². The molecule has 0 bridgehead atoms. The fourth-order valence-electron chi connectivity index (χ4n) is 5.19. The third-order valence-electron chi connectivity index (χ3n) is 6.71.